The molecule has 1 heterocycles. The summed E-state index contributed by atoms with van der Waals surface area (Å²) < 4.78 is 2.65. The van der Waals surface area contributed by atoms with E-state index in [0.717, 1.165) is 24.3 Å². The fourth-order valence-electron chi connectivity index (χ4n) is 0.924. The highest BCUT2D eigenvalue weighted by Crippen LogP contribution is 2.02. The van der Waals surface area contributed by atoms with E-state index in [1.165, 1.54) is 11.9 Å². The number of carbonyl (C=O) groups is 1. The Morgan fingerprint density at radius 2 is 2.57 bits per heavy atom. The maximum atomic E-state index is 10.7. The molecule has 0 saturated heterocycles. The Bertz CT molecular complexity index is 262. The van der Waals surface area contributed by atoms with E-state index < -0.39 is 0 Å². The lowest BCUT2D eigenvalue weighted by Crippen LogP contribution is -2.27. The van der Waals surface area contributed by atoms with Crippen LogP contribution in [0.25, 0.3) is 0 Å². The summed E-state index contributed by atoms with van der Waals surface area (Å²) in [6, 6.07) is -0.156. The van der Waals surface area contributed by atoms with E-state index in [-0.39, 0.29) is 6.03 Å². The van der Waals surface area contributed by atoms with Gasteiger partial charge in [0.05, 0.1) is 6.33 Å². The van der Waals surface area contributed by atoms with Gasteiger partial charge in [-0.2, -0.15) is 0 Å². The molecule has 1 aromatic heterocycles. The molecule has 6 heteroatoms. The SMILES string of the molecule is CNC(=O)NSCCCc1cnc[nH]1. The Balaban J connectivity index is 1.97. The average molecular weight is 214 g/mol. The second-order valence-corrected chi connectivity index (χ2v) is 3.61. The third-order valence-electron chi connectivity index (χ3n) is 1.64. The zero-order valence-corrected chi connectivity index (χ0v) is 8.86. The van der Waals surface area contributed by atoms with Crippen molar-refractivity contribution < 1.29 is 4.79 Å². The van der Waals surface area contributed by atoms with Crippen molar-refractivity contribution in [2.45, 2.75) is 12.8 Å². The molecule has 0 spiro atoms. The van der Waals surface area contributed by atoms with Crippen molar-refractivity contribution in [3.05, 3.63) is 18.2 Å². The Hall–Kier alpha value is -1.17. The minimum atomic E-state index is -0.156. The number of aryl methyl sites for hydroxylation is 1. The first-order chi connectivity index (χ1) is 6.83. The van der Waals surface area contributed by atoms with Crippen LogP contribution < -0.4 is 10.0 Å². The molecule has 0 unspecified atom stereocenters. The van der Waals surface area contributed by atoms with Gasteiger partial charge in [0.1, 0.15) is 0 Å². The highest BCUT2D eigenvalue weighted by atomic mass is 32.2. The number of rotatable bonds is 5. The standard InChI is InChI=1S/C8H14N4OS/c1-9-8(13)12-14-4-2-3-7-5-10-6-11-7/h5-6H,2-4H2,1H3,(H,10,11)(H2,9,12,13). The molecule has 14 heavy (non-hydrogen) atoms. The van der Waals surface area contributed by atoms with E-state index in [1.54, 1.807) is 13.4 Å². The van der Waals surface area contributed by atoms with Crippen molar-refractivity contribution >= 4 is 18.0 Å². The summed E-state index contributed by atoms with van der Waals surface area (Å²) >= 11 is 1.41. The molecule has 0 aromatic carbocycles. The average Bonchev–Trinajstić information content (AvgIpc) is 2.69. The summed E-state index contributed by atoms with van der Waals surface area (Å²) in [4.78, 5) is 17.7. The molecule has 3 N–H and O–H groups in total. The molecule has 0 radical (unpaired) electrons. The predicted octanol–water partition coefficient (Wildman–Crippen LogP) is 0.920. The molecule has 0 fully saturated rings. The fourth-order valence-corrected chi connectivity index (χ4v) is 1.55. The van der Waals surface area contributed by atoms with E-state index in [9.17, 15) is 4.79 Å². The first-order valence-corrected chi connectivity index (χ1v) is 5.38. The van der Waals surface area contributed by atoms with E-state index >= 15 is 0 Å². The number of nitrogens with zero attached hydrogens (tertiary/aromatic N) is 1. The fraction of sp³-hybridized carbons (Fsp3) is 0.500. The molecule has 1 rings (SSSR count). The lowest BCUT2D eigenvalue weighted by atomic mass is 10.3. The van der Waals surface area contributed by atoms with Crippen LogP contribution in [0.3, 0.4) is 0 Å². The van der Waals surface area contributed by atoms with Crippen LogP contribution >= 0.6 is 11.9 Å². The van der Waals surface area contributed by atoms with Gasteiger partial charge >= 0.3 is 6.03 Å². The van der Waals surface area contributed by atoms with Crippen molar-refractivity contribution in [1.29, 1.82) is 0 Å². The molecular formula is C8H14N4OS. The third-order valence-corrected chi connectivity index (χ3v) is 2.46. The summed E-state index contributed by atoms with van der Waals surface area (Å²) in [5.41, 5.74) is 1.13. The Morgan fingerprint density at radius 1 is 1.71 bits per heavy atom. The first kappa shape index (κ1) is 10.9. The van der Waals surface area contributed by atoms with Gasteiger partial charge in [0.25, 0.3) is 0 Å². The summed E-state index contributed by atoms with van der Waals surface area (Å²) in [6.07, 6.45) is 5.46. The molecule has 0 atom stereocenters. The van der Waals surface area contributed by atoms with Crippen molar-refractivity contribution in [1.82, 2.24) is 20.0 Å². The van der Waals surface area contributed by atoms with Gasteiger partial charge in [0, 0.05) is 24.7 Å². The minimum absolute atomic E-state index is 0.156. The van der Waals surface area contributed by atoms with Gasteiger partial charge in [-0.15, -0.1) is 0 Å². The number of nitrogens with one attached hydrogen (secondary N) is 3. The van der Waals surface area contributed by atoms with Crippen LogP contribution in [0.5, 0.6) is 0 Å². The van der Waals surface area contributed by atoms with Crippen LogP contribution in [-0.2, 0) is 6.42 Å². The van der Waals surface area contributed by atoms with Gasteiger partial charge in [0.15, 0.2) is 0 Å². The summed E-state index contributed by atoms with van der Waals surface area (Å²) in [6.45, 7) is 0. The van der Waals surface area contributed by atoms with Gasteiger partial charge in [-0.3, -0.25) is 4.72 Å². The van der Waals surface area contributed by atoms with E-state index in [0.29, 0.717) is 0 Å². The molecule has 0 bridgehead atoms. The zero-order valence-electron chi connectivity index (χ0n) is 8.04. The third kappa shape index (κ3) is 4.18. The molecular weight excluding hydrogens is 200 g/mol. The second-order valence-electron chi connectivity index (χ2n) is 2.71. The maximum Gasteiger partial charge on any atom is 0.324 e. The summed E-state index contributed by atoms with van der Waals surface area (Å²) in [5, 5.41) is 2.48. The predicted molar refractivity (Wildman–Crippen MR) is 57.0 cm³/mol. The lowest BCUT2D eigenvalue weighted by Gasteiger charge is -2.02. The Labute approximate surface area is 87.2 Å². The molecule has 5 nitrogen and oxygen atoms in total. The molecule has 0 aliphatic heterocycles. The molecule has 0 aliphatic rings. The smallest absolute Gasteiger partial charge is 0.324 e. The second kappa shape index (κ2) is 6.31. The Kier molecular flexibility index (Phi) is 4.92. The summed E-state index contributed by atoms with van der Waals surface area (Å²) in [5.74, 6) is 0.895. The summed E-state index contributed by atoms with van der Waals surface area (Å²) in [7, 11) is 1.60. The highest BCUT2D eigenvalue weighted by Gasteiger charge is 1.96. The van der Waals surface area contributed by atoms with Crippen molar-refractivity contribution in [3.8, 4) is 0 Å². The molecule has 0 aliphatic carbocycles. The van der Waals surface area contributed by atoms with Crippen LogP contribution in [0.15, 0.2) is 12.5 Å². The zero-order chi connectivity index (χ0) is 10.2. The van der Waals surface area contributed by atoms with Crippen molar-refractivity contribution in [2.75, 3.05) is 12.8 Å². The number of urea groups is 1. The van der Waals surface area contributed by atoms with Gasteiger partial charge in [-0.1, -0.05) is 0 Å². The molecule has 0 saturated carbocycles. The largest absolute Gasteiger partial charge is 0.348 e. The van der Waals surface area contributed by atoms with Crippen molar-refractivity contribution in [2.24, 2.45) is 0 Å². The monoisotopic (exact) mass is 214 g/mol. The van der Waals surface area contributed by atoms with E-state index in [4.69, 9.17) is 0 Å². The number of hydrogen-bond donors (Lipinski definition) is 3. The van der Waals surface area contributed by atoms with Crippen LogP contribution in [0.1, 0.15) is 12.1 Å². The van der Waals surface area contributed by atoms with Gasteiger partial charge < -0.3 is 10.3 Å². The number of imidazole rings is 1. The van der Waals surface area contributed by atoms with Crippen LogP contribution in [-0.4, -0.2) is 28.8 Å². The number of aromatic amines is 1. The number of H-pyrrole nitrogens is 1. The number of carbonyl (C=O) groups excluding carboxylic acids is 1. The maximum absolute atomic E-state index is 10.7. The van der Waals surface area contributed by atoms with Gasteiger partial charge in [-0.05, 0) is 24.8 Å². The first-order valence-electron chi connectivity index (χ1n) is 4.39. The molecule has 78 valence electrons. The van der Waals surface area contributed by atoms with Gasteiger partial charge in [0.2, 0.25) is 0 Å². The molecule has 1 aromatic rings. The normalized spacial score (nSPS) is 9.79. The van der Waals surface area contributed by atoms with E-state index in [1.807, 2.05) is 6.20 Å². The van der Waals surface area contributed by atoms with Crippen LogP contribution in [0, 0.1) is 0 Å². The molecule has 2 amide bonds. The van der Waals surface area contributed by atoms with E-state index in [2.05, 4.69) is 20.0 Å². The van der Waals surface area contributed by atoms with Crippen molar-refractivity contribution in [3.63, 3.8) is 0 Å². The minimum Gasteiger partial charge on any atom is -0.348 e. The van der Waals surface area contributed by atoms with Crippen LogP contribution in [0.2, 0.25) is 0 Å². The van der Waals surface area contributed by atoms with Crippen LogP contribution in [0.4, 0.5) is 4.79 Å². The number of amides is 2. The van der Waals surface area contributed by atoms with Gasteiger partial charge in [-0.25, -0.2) is 9.78 Å². The topological polar surface area (TPSA) is 69.8 Å². The highest BCUT2D eigenvalue weighted by molar-refractivity contribution is 7.97. The number of hydrogen-bond acceptors (Lipinski definition) is 3. The number of aromatic nitrogens is 2. The lowest BCUT2D eigenvalue weighted by molar-refractivity contribution is 0.248. The Morgan fingerprint density at radius 3 is 3.21 bits per heavy atom. The quantitative estimate of drug-likeness (QED) is 0.504.